The van der Waals surface area contributed by atoms with E-state index in [1.165, 1.54) is 11.8 Å². The van der Waals surface area contributed by atoms with Crippen molar-refractivity contribution in [2.45, 2.75) is 19.3 Å². The Hall–Kier alpha value is -2.14. The van der Waals surface area contributed by atoms with Crippen molar-refractivity contribution in [1.82, 2.24) is 5.32 Å². The highest BCUT2D eigenvalue weighted by Gasteiger charge is 2.11. The maximum Gasteiger partial charge on any atom is 0.251 e. The second-order valence-electron chi connectivity index (χ2n) is 5.88. The minimum atomic E-state index is -2.99. The van der Waals surface area contributed by atoms with Gasteiger partial charge in [-0.15, -0.1) is 0 Å². The van der Waals surface area contributed by atoms with E-state index in [0.29, 0.717) is 18.5 Å². The fraction of sp³-hybridized carbons (Fsp3) is 0.316. The molecule has 5 heteroatoms. The van der Waals surface area contributed by atoms with Crippen LogP contribution < -0.4 is 5.32 Å². The van der Waals surface area contributed by atoms with E-state index < -0.39 is 9.84 Å². The lowest BCUT2D eigenvalue weighted by Gasteiger charge is -2.10. The molecule has 0 heterocycles. The van der Waals surface area contributed by atoms with Crippen LogP contribution in [0.5, 0.6) is 0 Å². The van der Waals surface area contributed by atoms with E-state index in [0.717, 1.165) is 18.4 Å². The molecule has 4 nitrogen and oxygen atoms in total. The molecule has 0 unspecified atom stereocenters. The van der Waals surface area contributed by atoms with Gasteiger partial charge in [0, 0.05) is 18.4 Å². The number of carbonyl (C=O) groups excluding carboxylic acids is 1. The summed E-state index contributed by atoms with van der Waals surface area (Å²) in [5.74, 6) is -0.0599. The first kappa shape index (κ1) is 18.2. The van der Waals surface area contributed by atoms with E-state index in [-0.39, 0.29) is 11.7 Å². The molecule has 0 radical (unpaired) electrons. The summed E-state index contributed by atoms with van der Waals surface area (Å²) in [6.07, 6.45) is 3.29. The summed E-state index contributed by atoms with van der Waals surface area (Å²) in [4.78, 5) is 12.3. The summed E-state index contributed by atoms with van der Waals surface area (Å²) in [6, 6.07) is 17.7. The largest absolute Gasteiger partial charge is 0.352 e. The molecule has 1 N–H and O–H groups in total. The average molecular weight is 345 g/mol. The lowest BCUT2D eigenvalue weighted by atomic mass is 9.99. The molecule has 2 rings (SSSR count). The van der Waals surface area contributed by atoms with Crippen molar-refractivity contribution in [2.24, 2.45) is 0 Å². The average Bonchev–Trinajstić information content (AvgIpc) is 2.57. The molecule has 0 atom stereocenters. The van der Waals surface area contributed by atoms with Gasteiger partial charge in [0.15, 0.2) is 0 Å². The predicted octanol–water partition coefficient (Wildman–Crippen LogP) is 2.64. The second-order valence-corrected chi connectivity index (χ2v) is 8.14. The van der Waals surface area contributed by atoms with Crippen molar-refractivity contribution in [1.29, 1.82) is 0 Å². The Balaban J connectivity index is 1.93. The van der Waals surface area contributed by atoms with Gasteiger partial charge in [0.25, 0.3) is 5.91 Å². The summed E-state index contributed by atoms with van der Waals surface area (Å²) in [5, 5.41) is 2.81. The number of aryl methyl sites for hydroxylation is 2. The molecule has 0 aliphatic heterocycles. The first-order valence-electron chi connectivity index (χ1n) is 8.03. The third-order valence-corrected chi connectivity index (χ3v) is 4.80. The molecule has 0 aromatic heterocycles. The number of rotatable bonds is 8. The van der Waals surface area contributed by atoms with E-state index in [4.69, 9.17) is 0 Å². The standard InChI is InChI=1S/C19H23NO3S/c1-24(22,23)15-7-14-20-19(21)18-11-6-5-10-17(18)13-12-16-8-3-2-4-9-16/h2-6,8-11H,7,12-15H2,1H3,(H,20,21). The van der Waals surface area contributed by atoms with Gasteiger partial charge in [0.2, 0.25) is 0 Å². The molecular weight excluding hydrogens is 322 g/mol. The van der Waals surface area contributed by atoms with Gasteiger partial charge in [0.1, 0.15) is 9.84 Å². The smallest absolute Gasteiger partial charge is 0.251 e. The van der Waals surface area contributed by atoms with Crippen LogP contribution >= 0.6 is 0 Å². The molecule has 128 valence electrons. The van der Waals surface area contributed by atoms with E-state index in [1.807, 2.05) is 42.5 Å². The Labute approximate surface area is 143 Å². The van der Waals surface area contributed by atoms with E-state index in [1.54, 1.807) is 0 Å². The van der Waals surface area contributed by atoms with Crippen LogP contribution in [0.3, 0.4) is 0 Å². The molecule has 2 aromatic rings. The molecule has 24 heavy (non-hydrogen) atoms. The van der Waals surface area contributed by atoms with E-state index in [9.17, 15) is 13.2 Å². The molecule has 0 saturated heterocycles. The Kier molecular flexibility index (Phi) is 6.55. The summed E-state index contributed by atoms with van der Waals surface area (Å²) in [7, 11) is -2.99. The highest BCUT2D eigenvalue weighted by molar-refractivity contribution is 7.90. The topological polar surface area (TPSA) is 63.2 Å². The monoisotopic (exact) mass is 345 g/mol. The molecule has 2 aromatic carbocycles. The summed E-state index contributed by atoms with van der Waals surface area (Å²) in [5.41, 5.74) is 2.90. The fourth-order valence-corrected chi connectivity index (χ4v) is 3.18. The van der Waals surface area contributed by atoms with Gasteiger partial charge in [-0.2, -0.15) is 0 Å². The number of carbonyl (C=O) groups is 1. The van der Waals surface area contributed by atoms with Crippen molar-refractivity contribution >= 4 is 15.7 Å². The van der Waals surface area contributed by atoms with E-state index in [2.05, 4.69) is 17.4 Å². The zero-order valence-electron chi connectivity index (χ0n) is 13.9. The van der Waals surface area contributed by atoms with Crippen molar-refractivity contribution in [2.75, 3.05) is 18.6 Å². The fourth-order valence-electron chi connectivity index (χ4n) is 2.52. The zero-order chi connectivity index (χ0) is 17.4. The molecule has 0 bridgehead atoms. The number of nitrogens with one attached hydrogen (secondary N) is 1. The van der Waals surface area contributed by atoms with Crippen molar-refractivity contribution in [3.8, 4) is 0 Å². The Morgan fingerprint density at radius 2 is 1.62 bits per heavy atom. The third kappa shape index (κ3) is 6.16. The van der Waals surface area contributed by atoms with Crippen molar-refractivity contribution in [3.05, 3.63) is 71.3 Å². The van der Waals surface area contributed by atoms with Gasteiger partial charge in [-0.3, -0.25) is 4.79 Å². The van der Waals surface area contributed by atoms with Gasteiger partial charge in [-0.25, -0.2) is 8.42 Å². The first-order chi connectivity index (χ1) is 11.5. The second kappa shape index (κ2) is 8.64. The lowest BCUT2D eigenvalue weighted by Crippen LogP contribution is -2.26. The van der Waals surface area contributed by atoms with Crippen molar-refractivity contribution < 1.29 is 13.2 Å². The maximum absolute atomic E-state index is 12.3. The Morgan fingerprint density at radius 3 is 2.33 bits per heavy atom. The summed E-state index contributed by atoms with van der Waals surface area (Å²) < 4.78 is 22.2. The van der Waals surface area contributed by atoms with E-state index >= 15 is 0 Å². The minimum absolute atomic E-state index is 0.0862. The third-order valence-electron chi connectivity index (χ3n) is 3.77. The first-order valence-corrected chi connectivity index (χ1v) is 10.1. The van der Waals surface area contributed by atoms with Crippen LogP contribution in [-0.4, -0.2) is 32.9 Å². The van der Waals surface area contributed by atoms with Crippen LogP contribution in [0.15, 0.2) is 54.6 Å². The Morgan fingerprint density at radius 1 is 0.958 bits per heavy atom. The molecular formula is C19H23NO3S. The molecule has 0 aliphatic carbocycles. The number of amides is 1. The minimum Gasteiger partial charge on any atom is -0.352 e. The van der Waals surface area contributed by atoms with Crippen LogP contribution in [0.25, 0.3) is 0 Å². The normalized spacial score (nSPS) is 11.2. The van der Waals surface area contributed by atoms with Gasteiger partial charge >= 0.3 is 0 Å². The highest BCUT2D eigenvalue weighted by Crippen LogP contribution is 2.13. The number of benzene rings is 2. The molecule has 0 aliphatic rings. The Bertz CT molecular complexity index is 770. The molecule has 0 fully saturated rings. The van der Waals surface area contributed by atoms with Gasteiger partial charge in [-0.05, 0) is 36.5 Å². The number of hydrogen-bond donors (Lipinski definition) is 1. The zero-order valence-corrected chi connectivity index (χ0v) is 14.7. The SMILES string of the molecule is CS(=O)(=O)CCCNC(=O)c1ccccc1CCc1ccccc1. The van der Waals surface area contributed by atoms with Crippen LogP contribution in [0.4, 0.5) is 0 Å². The number of sulfone groups is 1. The quantitative estimate of drug-likeness (QED) is 0.748. The van der Waals surface area contributed by atoms with Gasteiger partial charge < -0.3 is 5.32 Å². The van der Waals surface area contributed by atoms with Crippen LogP contribution in [0.1, 0.15) is 27.9 Å². The summed E-state index contributed by atoms with van der Waals surface area (Å²) in [6.45, 7) is 0.360. The lowest BCUT2D eigenvalue weighted by molar-refractivity contribution is 0.0952. The van der Waals surface area contributed by atoms with Crippen LogP contribution in [0, 0.1) is 0 Å². The molecule has 1 amide bonds. The van der Waals surface area contributed by atoms with Gasteiger partial charge in [0.05, 0.1) is 5.75 Å². The van der Waals surface area contributed by atoms with Crippen LogP contribution in [0.2, 0.25) is 0 Å². The summed E-state index contributed by atoms with van der Waals surface area (Å²) >= 11 is 0. The molecule has 0 spiro atoms. The molecule has 0 saturated carbocycles. The van der Waals surface area contributed by atoms with Crippen LogP contribution in [-0.2, 0) is 22.7 Å². The number of hydrogen-bond acceptors (Lipinski definition) is 3. The maximum atomic E-state index is 12.3. The van der Waals surface area contributed by atoms with Crippen molar-refractivity contribution in [3.63, 3.8) is 0 Å². The van der Waals surface area contributed by atoms with Gasteiger partial charge in [-0.1, -0.05) is 48.5 Å². The highest BCUT2D eigenvalue weighted by atomic mass is 32.2. The predicted molar refractivity (Wildman–Crippen MR) is 97.0 cm³/mol.